The summed E-state index contributed by atoms with van der Waals surface area (Å²) < 4.78 is 28.8. The van der Waals surface area contributed by atoms with E-state index in [9.17, 15) is 9.18 Å². The van der Waals surface area contributed by atoms with Crippen LogP contribution in [0.25, 0.3) is 0 Å². The first-order valence-electron chi connectivity index (χ1n) is 10.5. The summed E-state index contributed by atoms with van der Waals surface area (Å²) in [5.41, 5.74) is 1.45. The second-order valence-corrected chi connectivity index (χ2v) is 8.19. The van der Waals surface area contributed by atoms with Crippen LogP contribution in [-0.2, 0) is 6.42 Å². The number of carbonyl (C=O) groups is 1. The molecule has 0 spiro atoms. The van der Waals surface area contributed by atoms with Crippen molar-refractivity contribution in [2.75, 3.05) is 39.8 Å². The molecule has 0 saturated carbocycles. The number of rotatable bonds is 7. The number of piperazine rings is 1. The molecule has 1 aromatic heterocycles. The monoisotopic (exact) mass is 456 g/mol. The highest BCUT2D eigenvalue weighted by atomic mass is 32.1. The van der Waals surface area contributed by atoms with E-state index >= 15 is 0 Å². The van der Waals surface area contributed by atoms with E-state index in [2.05, 4.69) is 21.2 Å². The molecular weight excluding hydrogens is 431 g/mol. The third-order valence-electron chi connectivity index (χ3n) is 5.44. The molecule has 0 atom stereocenters. The van der Waals surface area contributed by atoms with E-state index in [4.69, 9.17) is 9.47 Å². The third kappa shape index (κ3) is 5.23. The van der Waals surface area contributed by atoms with Crippen molar-refractivity contribution in [1.29, 1.82) is 0 Å². The molecule has 9 heteroatoms. The zero-order valence-corrected chi connectivity index (χ0v) is 18.9. The van der Waals surface area contributed by atoms with Gasteiger partial charge in [0.05, 0.1) is 7.11 Å². The van der Waals surface area contributed by atoms with E-state index in [1.165, 1.54) is 12.1 Å². The number of hydrogen-bond donors (Lipinski definition) is 0. The van der Waals surface area contributed by atoms with E-state index in [0.29, 0.717) is 47.6 Å². The number of likely N-dealkylation sites (N-methyl/N-ethyl adjacent to an activating group) is 1. The van der Waals surface area contributed by atoms with E-state index < -0.39 is 0 Å². The quantitative estimate of drug-likeness (QED) is 0.538. The van der Waals surface area contributed by atoms with Gasteiger partial charge in [-0.05, 0) is 42.4 Å². The van der Waals surface area contributed by atoms with Crippen LogP contribution in [-0.4, -0.2) is 64.9 Å². The first-order chi connectivity index (χ1) is 15.6. The van der Waals surface area contributed by atoms with Crippen LogP contribution in [0.1, 0.15) is 28.7 Å². The highest BCUT2D eigenvalue weighted by molar-refractivity contribution is 7.07. The van der Waals surface area contributed by atoms with Crippen LogP contribution in [0.3, 0.4) is 0 Å². The van der Waals surface area contributed by atoms with Gasteiger partial charge >= 0.3 is 0 Å². The van der Waals surface area contributed by atoms with Gasteiger partial charge in [-0.15, -0.1) is 0 Å². The molecule has 32 heavy (non-hydrogen) atoms. The van der Waals surface area contributed by atoms with Gasteiger partial charge in [-0.1, -0.05) is 19.1 Å². The second kappa shape index (κ2) is 10.1. The normalized spacial score (nSPS) is 14.4. The van der Waals surface area contributed by atoms with Crippen molar-refractivity contribution in [3.63, 3.8) is 0 Å². The standard InChI is InChI=1S/C23H25FN4O3S/c1-3-27-10-12-28(13-11-27)22(29)17-6-9-19(30-2)20(15-17)31-23-25-21(26-32-23)14-16-4-7-18(24)8-5-16/h4-9,15H,3,10-14H2,1-2H3. The van der Waals surface area contributed by atoms with Gasteiger partial charge in [0.1, 0.15) is 5.82 Å². The molecule has 2 aromatic carbocycles. The Labute approximate surface area is 190 Å². The molecule has 0 N–H and O–H groups in total. The van der Waals surface area contributed by atoms with E-state index in [1.54, 1.807) is 37.4 Å². The molecule has 2 heterocycles. The molecule has 168 valence electrons. The molecule has 1 aliphatic rings. The SMILES string of the molecule is CCN1CCN(C(=O)c2ccc(OC)c(Oc3nc(Cc4ccc(F)cc4)ns3)c2)CC1. The molecule has 4 rings (SSSR count). The average molecular weight is 457 g/mol. The van der Waals surface area contributed by atoms with E-state index in [0.717, 1.165) is 36.7 Å². The third-order valence-corrected chi connectivity index (χ3v) is 6.07. The molecule has 1 aliphatic heterocycles. The Morgan fingerprint density at radius 1 is 1.09 bits per heavy atom. The number of hydrogen-bond acceptors (Lipinski definition) is 7. The van der Waals surface area contributed by atoms with Crippen LogP contribution in [0.2, 0.25) is 0 Å². The van der Waals surface area contributed by atoms with E-state index in [-0.39, 0.29) is 11.7 Å². The molecule has 1 saturated heterocycles. The maximum absolute atomic E-state index is 13.1. The summed E-state index contributed by atoms with van der Waals surface area (Å²) >= 11 is 1.12. The van der Waals surface area contributed by atoms with Crippen molar-refractivity contribution in [1.82, 2.24) is 19.2 Å². The summed E-state index contributed by atoms with van der Waals surface area (Å²) in [6, 6.07) is 11.4. The van der Waals surface area contributed by atoms with Gasteiger partial charge < -0.3 is 19.3 Å². The summed E-state index contributed by atoms with van der Waals surface area (Å²) in [7, 11) is 1.55. The zero-order valence-electron chi connectivity index (χ0n) is 18.1. The van der Waals surface area contributed by atoms with Gasteiger partial charge in [0, 0.05) is 49.7 Å². The predicted octanol–water partition coefficient (Wildman–Crippen LogP) is 3.85. The summed E-state index contributed by atoms with van der Waals surface area (Å²) in [5, 5.41) is 0.349. The molecule has 7 nitrogen and oxygen atoms in total. The Morgan fingerprint density at radius 3 is 2.53 bits per heavy atom. The largest absolute Gasteiger partial charge is 0.493 e. The van der Waals surface area contributed by atoms with Crippen LogP contribution in [0.5, 0.6) is 16.7 Å². The fourth-order valence-corrected chi connectivity index (χ4v) is 4.13. The average Bonchev–Trinajstić information content (AvgIpc) is 3.26. The number of nitrogens with zero attached hydrogens (tertiary/aromatic N) is 4. The topological polar surface area (TPSA) is 67.8 Å². The smallest absolute Gasteiger partial charge is 0.298 e. The van der Waals surface area contributed by atoms with Crippen molar-refractivity contribution in [2.45, 2.75) is 13.3 Å². The number of benzene rings is 2. The van der Waals surface area contributed by atoms with Gasteiger partial charge in [-0.25, -0.2) is 4.39 Å². The van der Waals surface area contributed by atoms with Crippen molar-refractivity contribution in [3.05, 3.63) is 65.2 Å². The van der Waals surface area contributed by atoms with Gasteiger partial charge in [0.15, 0.2) is 17.3 Å². The van der Waals surface area contributed by atoms with Crippen LogP contribution in [0.15, 0.2) is 42.5 Å². The Kier molecular flexibility index (Phi) is 6.96. The number of ether oxygens (including phenoxy) is 2. The van der Waals surface area contributed by atoms with Crippen molar-refractivity contribution < 1.29 is 18.7 Å². The van der Waals surface area contributed by atoms with Crippen molar-refractivity contribution in [3.8, 4) is 16.7 Å². The number of carbonyl (C=O) groups excluding carboxylic acids is 1. The van der Waals surface area contributed by atoms with Crippen LogP contribution < -0.4 is 9.47 Å². The molecule has 0 bridgehead atoms. The Morgan fingerprint density at radius 2 is 1.84 bits per heavy atom. The minimum absolute atomic E-state index is 0.0254. The maximum atomic E-state index is 13.1. The lowest BCUT2D eigenvalue weighted by Crippen LogP contribution is -2.48. The molecule has 3 aromatic rings. The second-order valence-electron chi connectivity index (χ2n) is 7.47. The fourth-order valence-electron chi connectivity index (χ4n) is 3.57. The molecular formula is C23H25FN4O3S. The Hall–Kier alpha value is -3.04. The maximum Gasteiger partial charge on any atom is 0.298 e. The van der Waals surface area contributed by atoms with Crippen LogP contribution >= 0.6 is 11.5 Å². The summed E-state index contributed by atoms with van der Waals surface area (Å²) in [4.78, 5) is 21.6. The van der Waals surface area contributed by atoms with Gasteiger partial charge in [-0.2, -0.15) is 9.36 Å². The van der Waals surface area contributed by atoms with Gasteiger partial charge in [0.25, 0.3) is 11.1 Å². The molecule has 0 radical (unpaired) electrons. The lowest BCUT2D eigenvalue weighted by atomic mass is 10.1. The van der Waals surface area contributed by atoms with Crippen LogP contribution in [0, 0.1) is 5.82 Å². The number of halogens is 1. The Bertz CT molecular complexity index is 1070. The van der Waals surface area contributed by atoms with E-state index in [1.807, 2.05) is 4.90 Å². The summed E-state index contributed by atoms with van der Waals surface area (Å²) in [6.45, 7) is 6.29. The zero-order chi connectivity index (χ0) is 22.5. The lowest BCUT2D eigenvalue weighted by Gasteiger charge is -2.34. The Balaban J connectivity index is 1.47. The molecule has 0 unspecified atom stereocenters. The minimum atomic E-state index is -0.280. The molecule has 1 fully saturated rings. The minimum Gasteiger partial charge on any atom is -0.493 e. The number of aromatic nitrogens is 2. The number of amides is 1. The van der Waals surface area contributed by atoms with Crippen molar-refractivity contribution >= 4 is 17.4 Å². The summed E-state index contributed by atoms with van der Waals surface area (Å²) in [5.74, 6) is 1.19. The predicted molar refractivity (Wildman–Crippen MR) is 120 cm³/mol. The number of methoxy groups -OCH3 is 1. The fraction of sp³-hybridized carbons (Fsp3) is 0.348. The highest BCUT2D eigenvalue weighted by Crippen LogP contribution is 2.33. The molecule has 1 amide bonds. The first-order valence-corrected chi connectivity index (χ1v) is 11.3. The highest BCUT2D eigenvalue weighted by Gasteiger charge is 2.23. The lowest BCUT2D eigenvalue weighted by molar-refractivity contribution is 0.0643. The van der Waals surface area contributed by atoms with Gasteiger partial charge in [0.2, 0.25) is 0 Å². The van der Waals surface area contributed by atoms with Crippen molar-refractivity contribution in [2.24, 2.45) is 0 Å². The van der Waals surface area contributed by atoms with Crippen LogP contribution in [0.4, 0.5) is 4.39 Å². The summed E-state index contributed by atoms with van der Waals surface area (Å²) in [6.07, 6.45) is 0.472. The van der Waals surface area contributed by atoms with Gasteiger partial charge in [-0.3, -0.25) is 4.79 Å². The first kappa shape index (κ1) is 22.2. The molecule has 0 aliphatic carbocycles.